The molecule has 0 aliphatic carbocycles. The molecule has 0 N–H and O–H groups in total. The standard InChI is InChI=1S/C16H24F4O6P2/c1-5-23-27(21,24-6-2)9-11-13(17)15(19)12(16(20)14(11)18)10-28(22,25-7-3)26-8-4/h5-10H2,1-4H3. The molecule has 1 rings (SSSR count). The van der Waals surface area contributed by atoms with Crippen LogP contribution < -0.4 is 0 Å². The van der Waals surface area contributed by atoms with Gasteiger partial charge in [0, 0.05) is 11.1 Å². The Morgan fingerprint density at radius 3 is 0.964 bits per heavy atom. The number of rotatable bonds is 12. The molecule has 0 unspecified atom stereocenters. The predicted octanol–water partition coefficient (Wildman–Crippen LogP) is 5.78. The molecule has 0 bridgehead atoms. The van der Waals surface area contributed by atoms with Crippen molar-refractivity contribution in [2.45, 2.75) is 40.0 Å². The van der Waals surface area contributed by atoms with Gasteiger partial charge in [0.1, 0.15) is 0 Å². The molecule has 0 saturated heterocycles. The summed E-state index contributed by atoms with van der Waals surface area (Å²) in [6.07, 6.45) is -2.01. The second kappa shape index (κ2) is 10.9. The Kier molecular flexibility index (Phi) is 9.80. The molecule has 1 aromatic rings. The van der Waals surface area contributed by atoms with Crippen LogP contribution >= 0.6 is 15.2 Å². The van der Waals surface area contributed by atoms with E-state index >= 15 is 0 Å². The summed E-state index contributed by atoms with van der Waals surface area (Å²) in [5.41, 5.74) is -2.24. The van der Waals surface area contributed by atoms with Crippen molar-refractivity contribution in [3.8, 4) is 0 Å². The van der Waals surface area contributed by atoms with E-state index in [1.807, 2.05) is 0 Å². The average Bonchev–Trinajstić information content (AvgIpc) is 2.62. The monoisotopic (exact) mass is 450 g/mol. The van der Waals surface area contributed by atoms with Crippen LogP contribution in [0, 0.1) is 23.3 Å². The molecule has 0 saturated carbocycles. The van der Waals surface area contributed by atoms with Crippen LogP contribution in [-0.2, 0) is 39.5 Å². The molecule has 1 aromatic carbocycles. The Hall–Kier alpha value is -0.760. The van der Waals surface area contributed by atoms with Crippen LogP contribution in [-0.4, -0.2) is 26.4 Å². The molecule has 0 atom stereocenters. The molecular formula is C16H24F4O6P2. The van der Waals surface area contributed by atoms with E-state index < -0.39 is 61.9 Å². The van der Waals surface area contributed by atoms with E-state index in [2.05, 4.69) is 0 Å². The highest BCUT2D eigenvalue weighted by Crippen LogP contribution is 2.54. The average molecular weight is 450 g/mol. The van der Waals surface area contributed by atoms with Crippen LogP contribution in [0.5, 0.6) is 0 Å². The Labute approximate surface area is 161 Å². The van der Waals surface area contributed by atoms with Gasteiger partial charge in [-0.15, -0.1) is 0 Å². The molecule has 6 nitrogen and oxygen atoms in total. The highest BCUT2D eigenvalue weighted by Gasteiger charge is 2.35. The first-order valence-electron chi connectivity index (χ1n) is 8.67. The fourth-order valence-electron chi connectivity index (χ4n) is 2.43. The largest absolute Gasteiger partial charge is 0.335 e. The molecule has 28 heavy (non-hydrogen) atoms. The molecule has 0 aromatic heterocycles. The predicted molar refractivity (Wildman–Crippen MR) is 95.4 cm³/mol. The lowest BCUT2D eigenvalue weighted by molar-refractivity contribution is 0.216. The lowest BCUT2D eigenvalue weighted by Gasteiger charge is -2.20. The number of hydrogen-bond acceptors (Lipinski definition) is 6. The second-order valence-electron chi connectivity index (χ2n) is 5.42. The topological polar surface area (TPSA) is 71.1 Å². The third-order valence-corrected chi connectivity index (χ3v) is 7.47. The van der Waals surface area contributed by atoms with Crippen LogP contribution in [0.1, 0.15) is 38.8 Å². The Bertz CT molecular complexity index is 662. The van der Waals surface area contributed by atoms with E-state index in [1.165, 1.54) is 27.7 Å². The maximum absolute atomic E-state index is 14.5. The quantitative estimate of drug-likeness (QED) is 0.229. The van der Waals surface area contributed by atoms with Crippen LogP contribution in [0.25, 0.3) is 0 Å². The molecule has 0 aliphatic heterocycles. The van der Waals surface area contributed by atoms with Gasteiger partial charge in [0.15, 0.2) is 23.3 Å². The van der Waals surface area contributed by atoms with E-state index in [9.17, 15) is 26.7 Å². The molecular weight excluding hydrogens is 426 g/mol. The van der Waals surface area contributed by atoms with Gasteiger partial charge in [-0.2, -0.15) is 0 Å². The van der Waals surface area contributed by atoms with Crippen LogP contribution in [0.15, 0.2) is 0 Å². The van der Waals surface area contributed by atoms with Gasteiger partial charge in [-0.05, 0) is 27.7 Å². The summed E-state index contributed by atoms with van der Waals surface area (Å²) in [6.45, 7) is 5.49. The minimum atomic E-state index is -4.03. The van der Waals surface area contributed by atoms with Crippen molar-refractivity contribution in [1.82, 2.24) is 0 Å². The van der Waals surface area contributed by atoms with E-state index in [1.54, 1.807) is 0 Å². The molecule has 0 fully saturated rings. The molecule has 0 amide bonds. The minimum absolute atomic E-state index is 0.102. The van der Waals surface area contributed by atoms with Crippen molar-refractivity contribution in [3.63, 3.8) is 0 Å². The Balaban J connectivity index is 3.42. The summed E-state index contributed by atoms with van der Waals surface area (Å²) in [4.78, 5) is 0. The van der Waals surface area contributed by atoms with Crippen LogP contribution in [0.4, 0.5) is 17.6 Å². The van der Waals surface area contributed by atoms with Gasteiger partial charge in [0.05, 0.1) is 38.8 Å². The zero-order valence-electron chi connectivity index (χ0n) is 16.1. The van der Waals surface area contributed by atoms with Gasteiger partial charge < -0.3 is 18.1 Å². The first-order valence-corrected chi connectivity index (χ1v) is 12.1. The Morgan fingerprint density at radius 1 is 0.571 bits per heavy atom. The van der Waals surface area contributed by atoms with Gasteiger partial charge in [-0.3, -0.25) is 9.13 Å². The molecule has 0 radical (unpaired) electrons. The summed E-state index contributed by atoms with van der Waals surface area (Å²) in [5.74, 6) is -7.08. The number of benzene rings is 1. The molecule has 0 spiro atoms. The Morgan fingerprint density at radius 2 is 0.786 bits per heavy atom. The zero-order chi connectivity index (χ0) is 21.5. The number of halogens is 4. The summed E-state index contributed by atoms with van der Waals surface area (Å²) in [7, 11) is -8.06. The van der Waals surface area contributed by atoms with Crippen molar-refractivity contribution in [2.75, 3.05) is 26.4 Å². The smallest absolute Gasteiger partial charge is 0.309 e. The zero-order valence-corrected chi connectivity index (χ0v) is 17.9. The maximum Gasteiger partial charge on any atom is 0.335 e. The van der Waals surface area contributed by atoms with Crippen molar-refractivity contribution in [1.29, 1.82) is 0 Å². The SMILES string of the molecule is CCOP(=O)(Cc1c(F)c(F)c(CP(=O)(OCC)OCC)c(F)c1F)OCC. The lowest BCUT2D eigenvalue weighted by atomic mass is 10.1. The van der Waals surface area contributed by atoms with Gasteiger partial charge in [-0.25, -0.2) is 17.6 Å². The van der Waals surface area contributed by atoms with Crippen LogP contribution in [0.3, 0.4) is 0 Å². The summed E-state index contributed by atoms with van der Waals surface area (Å²) in [6, 6.07) is 0. The fourth-order valence-corrected chi connectivity index (χ4v) is 5.85. The third-order valence-electron chi connectivity index (χ3n) is 3.45. The molecule has 0 heterocycles. The lowest BCUT2D eigenvalue weighted by Crippen LogP contribution is -2.12. The normalized spacial score (nSPS) is 12.6. The van der Waals surface area contributed by atoms with Crippen molar-refractivity contribution < 1.29 is 44.8 Å². The first-order chi connectivity index (χ1) is 13.1. The van der Waals surface area contributed by atoms with Gasteiger partial charge in [-0.1, -0.05) is 0 Å². The number of hydrogen-bond donors (Lipinski definition) is 0. The maximum atomic E-state index is 14.5. The fraction of sp³-hybridized carbons (Fsp3) is 0.625. The van der Waals surface area contributed by atoms with Gasteiger partial charge in [0.25, 0.3) is 0 Å². The second-order valence-corrected chi connectivity index (χ2v) is 9.53. The highest BCUT2D eigenvalue weighted by atomic mass is 31.2. The third kappa shape index (κ3) is 6.12. The van der Waals surface area contributed by atoms with E-state index in [-0.39, 0.29) is 26.4 Å². The van der Waals surface area contributed by atoms with Crippen molar-refractivity contribution >= 4 is 15.2 Å². The summed E-state index contributed by atoms with van der Waals surface area (Å²) >= 11 is 0. The van der Waals surface area contributed by atoms with Gasteiger partial charge in [0.2, 0.25) is 0 Å². The highest BCUT2D eigenvalue weighted by molar-refractivity contribution is 7.53. The van der Waals surface area contributed by atoms with Crippen molar-refractivity contribution in [3.05, 3.63) is 34.4 Å². The first kappa shape index (κ1) is 25.3. The molecule has 0 aliphatic rings. The molecule has 12 heteroatoms. The van der Waals surface area contributed by atoms with E-state index in [4.69, 9.17) is 18.1 Å². The van der Waals surface area contributed by atoms with Gasteiger partial charge >= 0.3 is 15.2 Å². The minimum Gasteiger partial charge on any atom is -0.309 e. The van der Waals surface area contributed by atoms with Crippen LogP contribution in [0.2, 0.25) is 0 Å². The summed E-state index contributed by atoms with van der Waals surface area (Å²) in [5, 5.41) is 0. The van der Waals surface area contributed by atoms with Crippen molar-refractivity contribution in [2.24, 2.45) is 0 Å². The summed E-state index contributed by atoms with van der Waals surface area (Å²) < 4.78 is 103. The molecule has 162 valence electrons. The van der Waals surface area contributed by atoms with E-state index in [0.29, 0.717) is 0 Å². The van der Waals surface area contributed by atoms with E-state index in [0.717, 1.165) is 0 Å².